The van der Waals surface area contributed by atoms with Crippen LogP contribution in [0.4, 0.5) is 0 Å². The van der Waals surface area contributed by atoms with Gasteiger partial charge in [0.25, 0.3) is 0 Å². The van der Waals surface area contributed by atoms with Gasteiger partial charge in [0.1, 0.15) is 0 Å². The summed E-state index contributed by atoms with van der Waals surface area (Å²) in [6, 6.07) is 14.8. The molecule has 0 bridgehead atoms. The van der Waals surface area contributed by atoms with Crippen LogP contribution in [0.3, 0.4) is 0 Å². The first-order valence-electron chi connectivity index (χ1n) is 4.58. The second-order valence-corrected chi connectivity index (χ2v) is 4.62. The second-order valence-electron chi connectivity index (χ2n) is 3.28. The van der Waals surface area contributed by atoms with E-state index in [1.54, 1.807) is 11.8 Å². The number of thioether (sulfide) groups is 1. The van der Waals surface area contributed by atoms with Crippen molar-refractivity contribution in [2.45, 2.75) is 11.8 Å². The minimum absolute atomic E-state index is 1.13. The summed E-state index contributed by atoms with van der Waals surface area (Å²) < 4.78 is 0. The molecule has 0 saturated heterocycles. The highest BCUT2D eigenvalue weighted by Crippen LogP contribution is 2.31. The first kappa shape index (κ1) is 9.35. The average molecular weight is 200 g/mol. The molecule has 0 saturated carbocycles. The molecule has 0 aliphatic rings. The van der Waals surface area contributed by atoms with Gasteiger partial charge >= 0.3 is 0 Å². The van der Waals surface area contributed by atoms with Gasteiger partial charge in [0.05, 0.1) is 0 Å². The van der Waals surface area contributed by atoms with E-state index in [1.165, 1.54) is 15.7 Å². The molecule has 2 aromatic rings. The molecule has 14 heavy (non-hydrogen) atoms. The molecular weight excluding hydrogens is 188 g/mol. The Labute approximate surface area is 88.6 Å². The van der Waals surface area contributed by atoms with Crippen LogP contribution in [-0.2, 0) is 0 Å². The van der Waals surface area contributed by atoms with E-state index in [0.29, 0.717) is 0 Å². The smallest absolute Gasteiger partial charge is 0.0197 e. The lowest BCUT2D eigenvalue weighted by atomic mass is 10.1. The Balaban J connectivity index is 2.59. The summed E-state index contributed by atoms with van der Waals surface area (Å²) in [4.78, 5) is 2.41. The van der Waals surface area contributed by atoms with E-state index in [4.69, 9.17) is 0 Å². The molecule has 0 heterocycles. The third-order valence-corrected chi connectivity index (χ3v) is 2.96. The van der Waals surface area contributed by atoms with Crippen molar-refractivity contribution in [2.24, 2.45) is 0 Å². The molecule has 0 radical (unpaired) electrons. The van der Waals surface area contributed by atoms with Gasteiger partial charge in [0.15, 0.2) is 0 Å². The number of fused-ring (bicyclic) bond motifs is 1. The monoisotopic (exact) mass is 200 g/mol. The summed E-state index contributed by atoms with van der Waals surface area (Å²) in [6.45, 7) is 5.95. The minimum Gasteiger partial charge on any atom is -0.0948 e. The van der Waals surface area contributed by atoms with Gasteiger partial charge in [-0.05, 0) is 28.7 Å². The van der Waals surface area contributed by atoms with Gasteiger partial charge in [-0.1, -0.05) is 54.7 Å². The summed E-state index contributed by atoms with van der Waals surface area (Å²) in [5, 5.41) is 2.60. The molecule has 0 fully saturated rings. The maximum absolute atomic E-state index is 3.92. The number of rotatable bonds is 2. The molecule has 0 unspecified atom stereocenters. The number of hydrogen-bond donors (Lipinski definition) is 0. The summed E-state index contributed by atoms with van der Waals surface area (Å²) in [5.74, 6) is 0. The fraction of sp³-hybridized carbons (Fsp3) is 0.0769. The van der Waals surface area contributed by atoms with Crippen LogP contribution in [0.5, 0.6) is 0 Å². The number of hydrogen-bond acceptors (Lipinski definition) is 1. The molecule has 1 heteroatoms. The maximum atomic E-state index is 3.92. The van der Waals surface area contributed by atoms with Crippen molar-refractivity contribution in [1.29, 1.82) is 0 Å². The van der Waals surface area contributed by atoms with E-state index in [0.717, 1.165) is 4.91 Å². The molecule has 0 aliphatic carbocycles. The van der Waals surface area contributed by atoms with Gasteiger partial charge < -0.3 is 0 Å². The van der Waals surface area contributed by atoms with Crippen LogP contribution < -0.4 is 0 Å². The van der Waals surface area contributed by atoms with Gasteiger partial charge in [0, 0.05) is 4.90 Å². The zero-order valence-corrected chi connectivity index (χ0v) is 8.97. The Kier molecular flexibility index (Phi) is 2.60. The van der Waals surface area contributed by atoms with E-state index < -0.39 is 0 Å². The van der Waals surface area contributed by atoms with Gasteiger partial charge in [-0.15, -0.1) is 0 Å². The summed E-state index contributed by atoms with van der Waals surface area (Å²) in [5.41, 5.74) is 0. The van der Waals surface area contributed by atoms with E-state index in [2.05, 4.69) is 49.0 Å². The van der Waals surface area contributed by atoms with Crippen molar-refractivity contribution in [3.05, 3.63) is 53.9 Å². The van der Waals surface area contributed by atoms with Crippen LogP contribution >= 0.6 is 11.8 Å². The van der Waals surface area contributed by atoms with Crippen molar-refractivity contribution >= 4 is 22.5 Å². The van der Waals surface area contributed by atoms with Crippen molar-refractivity contribution < 1.29 is 0 Å². The zero-order valence-electron chi connectivity index (χ0n) is 8.16. The third-order valence-electron chi connectivity index (χ3n) is 2.03. The molecule has 70 valence electrons. The summed E-state index contributed by atoms with van der Waals surface area (Å²) in [6.07, 6.45) is 0. The highest BCUT2D eigenvalue weighted by molar-refractivity contribution is 8.03. The van der Waals surface area contributed by atoms with Gasteiger partial charge in [0.2, 0.25) is 0 Å². The van der Waals surface area contributed by atoms with E-state index in [9.17, 15) is 0 Å². The summed E-state index contributed by atoms with van der Waals surface area (Å²) >= 11 is 1.73. The molecule has 0 amide bonds. The average Bonchev–Trinajstić information content (AvgIpc) is 2.18. The Morgan fingerprint density at radius 1 is 1.07 bits per heavy atom. The highest BCUT2D eigenvalue weighted by Gasteiger charge is 1.99. The first-order valence-corrected chi connectivity index (χ1v) is 5.40. The fourth-order valence-corrected chi connectivity index (χ4v) is 2.29. The third kappa shape index (κ3) is 1.83. The van der Waals surface area contributed by atoms with Crippen LogP contribution in [0, 0.1) is 0 Å². The standard InChI is InChI=1S/C13H12S/c1-10(2)14-13-9-5-7-11-6-3-4-8-12(11)13/h3-9H,1H2,2H3. The van der Waals surface area contributed by atoms with E-state index >= 15 is 0 Å². The normalized spacial score (nSPS) is 10.4. The SMILES string of the molecule is C=C(C)Sc1cccc2ccccc12. The van der Waals surface area contributed by atoms with Crippen molar-refractivity contribution in [3.8, 4) is 0 Å². The molecule has 0 nitrogen and oxygen atoms in total. The predicted octanol–water partition coefficient (Wildman–Crippen LogP) is 4.47. The van der Waals surface area contributed by atoms with Crippen molar-refractivity contribution in [1.82, 2.24) is 0 Å². The Bertz CT molecular complexity index is 466. The number of benzene rings is 2. The molecule has 2 rings (SSSR count). The maximum Gasteiger partial charge on any atom is 0.0197 e. The largest absolute Gasteiger partial charge is 0.0948 e. The predicted molar refractivity (Wildman–Crippen MR) is 64.6 cm³/mol. The van der Waals surface area contributed by atoms with Crippen molar-refractivity contribution in [3.63, 3.8) is 0 Å². The molecule has 0 aliphatic heterocycles. The molecular formula is C13H12S. The first-order chi connectivity index (χ1) is 6.77. The van der Waals surface area contributed by atoms with E-state index in [-0.39, 0.29) is 0 Å². The Morgan fingerprint density at radius 2 is 1.79 bits per heavy atom. The molecule has 0 N–H and O–H groups in total. The lowest BCUT2D eigenvalue weighted by Gasteiger charge is -2.04. The van der Waals surface area contributed by atoms with Gasteiger partial charge in [-0.3, -0.25) is 0 Å². The summed E-state index contributed by atoms with van der Waals surface area (Å²) in [7, 11) is 0. The molecule has 0 aromatic heterocycles. The van der Waals surface area contributed by atoms with Crippen LogP contribution in [0.15, 0.2) is 58.8 Å². The molecule has 0 spiro atoms. The molecule has 2 aromatic carbocycles. The second kappa shape index (κ2) is 3.89. The molecule has 0 atom stereocenters. The van der Waals surface area contributed by atoms with Crippen LogP contribution in [0.1, 0.15) is 6.92 Å². The quantitative estimate of drug-likeness (QED) is 0.645. The van der Waals surface area contributed by atoms with Gasteiger partial charge in [-0.25, -0.2) is 0 Å². The highest BCUT2D eigenvalue weighted by atomic mass is 32.2. The van der Waals surface area contributed by atoms with Crippen LogP contribution in [-0.4, -0.2) is 0 Å². The lowest BCUT2D eigenvalue weighted by Crippen LogP contribution is -1.76. The van der Waals surface area contributed by atoms with Crippen molar-refractivity contribution in [2.75, 3.05) is 0 Å². The van der Waals surface area contributed by atoms with Crippen LogP contribution in [0.25, 0.3) is 10.8 Å². The van der Waals surface area contributed by atoms with E-state index in [1.807, 2.05) is 6.92 Å². The fourth-order valence-electron chi connectivity index (χ4n) is 1.47. The topological polar surface area (TPSA) is 0 Å². The lowest BCUT2D eigenvalue weighted by molar-refractivity contribution is 1.54. The van der Waals surface area contributed by atoms with Crippen LogP contribution in [0.2, 0.25) is 0 Å². The van der Waals surface area contributed by atoms with Gasteiger partial charge in [-0.2, -0.15) is 0 Å². The minimum atomic E-state index is 1.13. The zero-order chi connectivity index (χ0) is 9.97. The Hall–Kier alpha value is -1.21. The Morgan fingerprint density at radius 3 is 2.57 bits per heavy atom. The number of allylic oxidation sites excluding steroid dienone is 1.